The van der Waals surface area contributed by atoms with Gasteiger partial charge in [0.15, 0.2) is 0 Å². The highest BCUT2D eigenvalue weighted by Gasteiger charge is 2.20. The molecule has 2 rings (SSSR count). The zero-order valence-electron chi connectivity index (χ0n) is 12.6. The molecule has 0 aliphatic carbocycles. The van der Waals surface area contributed by atoms with E-state index < -0.39 is 41.7 Å². The highest BCUT2D eigenvalue weighted by Crippen LogP contribution is 2.36. The molecule has 0 aliphatic heterocycles. The summed E-state index contributed by atoms with van der Waals surface area (Å²) in [6.45, 7) is -0.374. The smallest absolute Gasteiger partial charge is 0.294 e. The molecule has 0 radical (unpaired) electrons. The molecular formula is C13H13NO9S2. The fraction of sp³-hybridized carbons (Fsp3) is 0.154. The van der Waals surface area contributed by atoms with Gasteiger partial charge in [-0.2, -0.15) is 16.8 Å². The minimum atomic E-state index is -4.70. The monoisotopic (exact) mass is 391 g/mol. The largest absolute Gasteiger partial charge is 0.507 e. The number of carbonyl (C=O) groups excluding carboxylic acids is 1. The van der Waals surface area contributed by atoms with Crippen LogP contribution < -0.4 is 5.32 Å². The first-order chi connectivity index (χ1) is 11.4. The van der Waals surface area contributed by atoms with Crippen LogP contribution in [0, 0.1) is 0 Å². The van der Waals surface area contributed by atoms with Gasteiger partial charge in [-0.1, -0.05) is 0 Å². The molecule has 25 heavy (non-hydrogen) atoms. The highest BCUT2D eigenvalue weighted by atomic mass is 32.2. The van der Waals surface area contributed by atoms with Gasteiger partial charge in [0.25, 0.3) is 20.2 Å². The number of aromatic hydroxyl groups is 1. The maximum absolute atomic E-state index is 11.7. The minimum absolute atomic E-state index is 0.0933. The molecule has 136 valence electrons. The minimum Gasteiger partial charge on any atom is -0.507 e. The van der Waals surface area contributed by atoms with Crippen LogP contribution in [0.5, 0.6) is 5.75 Å². The predicted molar refractivity (Wildman–Crippen MR) is 85.7 cm³/mol. The molecule has 0 spiro atoms. The standard InChI is InChI=1S/C13H13NO9S2/c1-23-6-12(16)14-10-4-8(24(17,18)19)2-7-3-9(25(20,21)22)5-11(15)13(7)10/h2-5,15H,6H2,1H3,(H,14,16)(H,17,18,19)(H,20,21,22). The summed E-state index contributed by atoms with van der Waals surface area (Å²) in [5, 5.41) is 12.1. The summed E-state index contributed by atoms with van der Waals surface area (Å²) in [6.07, 6.45) is 0. The van der Waals surface area contributed by atoms with Crippen molar-refractivity contribution in [2.75, 3.05) is 19.0 Å². The van der Waals surface area contributed by atoms with Crippen molar-refractivity contribution in [3.05, 3.63) is 24.3 Å². The lowest BCUT2D eigenvalue weighted by Crippen LogP contribution is -2.17. The van der Waals surface area contributed by atoms with Crippen molar-refractivity contribution < 1.29 is 40.6 Å². The van der Waals surface area contributed by atoms with E-state index in [1.54, 1.807) is 0 Å². The summed E-state index contributed by atoms with van der Waals surface area (Å²) in [7, 11) is -8.14. The van der Waals surface area contributed by atoms with E-state index in [1.165, 1.54) is 7.11 Å². The van der Waals surface area contributed by atoms with Gasteiger partial charge >= 0.3 is 0 Å². The Morgan fingerprint density at radius 3 is 2.04 bits per heavy atom. The van der Waals surface area contributed by atoms with Crippen molar-refractivity contribution in [2.45, 2.75) is 9.79 Å². The molecule has 2 aromatic carbocycles. The SMILES string of the molecule is COCC(=O)Nc1cc(S(=O)(=O)O)cc2cc(S(=O)(=O)O)cc(O)c12. The normalized spacial score (nSPS) is 12.3. The summed E-state index contributed by atoms with van der Waals surface area (Å²) in [5.41, 5.74) is -0.202. The zero-order chi connectivity index (χ0) is 19.0. The van der Waals surface area contributed by atoms with Gasteiger partial charge in [0.1, 0.15) is 12.4 Å². The van der Waals surface area contributed by atoms with Gasteiger partial charge < -0.3 is 15.2 Å². The van der Waals surface area contributed by atoms with Crippen LogP contribution in [0.15, 0.2) is 34.1 Å². The van der Waals surface area contributed by atoms with Crippen LogP contribution in [-0.2, 0) is 29.8 Å². The number of anilines is 1. The summed E-state index contributed by atoms with van der Waals surface area (Å²) in [6, 6.07) is 3.38. The van der Waals surface area contributed by atoms with Gasteiger partial charge in [-0.05, 0) is 23.6 Å². The molecule has 12 heteroatoms. The van der Waals surface area contributed by atoms with Crippen LogP contribution >= 0.6 is 0 Å². The molecule has 0 unspecified atom stereocenters. The van der Waals surface area contributed by atoms with Crippen molar-refractivity contribution in [2.24, 2.45) is 0 Å². The second-order valence-corrected chi connectivity index (χ2v) is 7.79. The van der Waals surface area contributed by atoms with Gasteiger partial charge in [-0.15, -0.1) is 0 Å². The van der Waals surface area contributed by atoms with E-state index in [1.807, 2.05) is 0 Å². The molecule has 2 aromatic rings. The van der Waals surface area contributed by atoms with Crippen LogP contribution in [0.1, 0.15) is 0 Å². The fourth-order valence-electron chi connectivity index (χ4n) is 2.15. The third-order valence-electron chi connectivity index (χ3n) is 3.12. The van der Waals surface area contributed by atoms with Crippen LogP contribution in [0.3, 0.4) is 0 Å². The third kappa shape index (κ3) is 4.24. The van der Waals surface area contributed by atoms with Crippen molar-refractivity contribution >= 4 is 42.6 Å². The molecule has 0 atom stereocenters. The quantitative estimate of drug-likeness (QED) is 0.534. The average Bonchev–Trinajstić information content (AvgIpc) is 2.44. The third-order valence-corrected chi connectivity index (χ3v) is 4.78. The molecule has 0 saturated carbocycles. The Labute approximate surface area is 142 Å². The zero-order valence-corrected chi connectivity index (χ0v) is 14.3. The molecule has 4 N–H and O–H groups in total. The number of amides is 1. The van der Waals surface area contributed by atoms with Crippen molar-refractivity contribution in [3.63, 3.8) is 0 Å². The number of rotatable bonds is 5. The van der Waals surface area contributed by atoms with Crippen molar-refractivity contribution in [3.8, 4) is 5.75 Å². The van der Waals surface area contributed by atoms with E-state index in [-0.39, 0.29) is 23.1 Å². The molecule has 0 heterocycles. The van der Waals surface area contributed by atoms with Gasteiger partial charge in [0.05, 0.1) is 15.5 Å². The maximum Gasteiger partial charge on any atom is 0.294 e. The molecule has 0 aliphatic rings. The Kier molecular flexibility index (Phi) is 5.02. The number of fused-ring (bicyclic) bond motifs is 1. The molecule has 0 saturated heterocycles. The Bertz CT molecular complexity index is 1050. The lowest BCUT2D eigenvalue weighted by atomic mass is 10.1. The van der Waals surface area contributed by atoms with Crippen LogP contribution in [-0.4, -0.2) is 50.7 Å². The average molecular weight is 391 g/mol. The van der Waals surface area contributed by atoms with E-state index in [9.17, 15) is 31.3 Å². The number of phenolic OH excluding ortho intramolecular Hbond substituents is 1. The molecule has 1 amide bonds. The van der Waals surface area contributed by atoms with Gasteiger partial charge in [0, 0.05) is 18.6 Å². The molecule has 0 bridgehead atoms. The van der Waals surface area contributed by atoms with Gasteiger partial charge in [-0.25, -0.2) is 0 Å². The summed E-state index contributed by atoms with van der Waals surface area (Å²) >= 11 is 0. The number of phenols is 1. The number of hydrogen-bond donors (Lipinski definition) is 4. The Morgan fingerprint density at radius 1 is 1.04 bits per heavy atom. The van der Waals surface area contributed by atoms with Crippen molar-refractivity contribution in [1.29, 1.82) is 0 Å². The van der Waals surface area contributed by atoms with E-state index >= 15 is 0 Å². The first-order valence-corrected chi connectivity index (χ1v) is 9.36. The lowest BCUT2D eigenvalue weighted by molar-refractivity contribution is -0.119. The number of methoxy groups -OCH3 is 1. The van der Waals surface area contributed by atoms with Crippen LogP contribution in [0.4, 0.5) is 5.69 Å². The Hall–Kier alpha value is -2.25. The second kappa shape index (κ2) is 6.57. The molecular weight excluding hydrogens is 378 g/mol. The van der Waals surface area contributed by atoms with Gasteiger partial charge in [0.2, 0.25) is 5.91 Å². The summed E-state index contributed by atoms with van der Waals surface area (Å²) in [4.78, 5) is 10.3. The number of benzene rings is 2. The van der Waals surface area contributed by atoms with Crippen molar-refractivity contribution in [1.82, 2.24) is 0 Å². The van der Waals surface area contributed by atoms with E-state index in [4.69, 9.17) is 4.55 Å². The topological polar surface area (TPSA) is 167 Å². The Morgan fingerprint density at radius 2 is 1.56 bits per heavy atom. The Balaban J connectivity index is 2.83. The van der Waals surface area contributed by atoms with Crippen LogP contribution in [0.2, 0.25) is 0 Å². The summed E-state index contributed by atoms with van der Waals surface area (Å²) in [5.74, 6) is -1.32. The van der Waals surface area contributed by atoms with E-state index in [0.29, 0.717) is 0 Å². The first kappa shape index (κ1) is 19.1. The van der Waals surface area contributed by atoms with Gasteiger partial charge in [-0.3, -0.25) is 13.9 Å². The number of carbonyl (C=O) groups is 1. The molecule has 0 aromatic heterocycles. The number of nitrogens with one attached hydrogen (secondary N) is 1. The lowest BCUT2D eigenvalue weighted by Gasteiger charge is -2.13. The fourth-order valence-corrected chi connectivity index (χ4v) is 3.23. The van der Waals surface area contributed by atoms with E-state index in [2.05, 4.69) is 10.1 Å². The predicted octanol–water partition coefficient (Wildman–Crippen LogP) is 0.624. The highest BCUT2D eigenvalue weighted by molar-refractivity contribution is 7.86. The first-order valence-electron chi connectivity index (χ1n) is 6.48. The number of ether oxygens (including phenoxy) is 1. The van der Waals surface area contributed by atoms with E-state index in [0.717, 1.165) is 24.3 Å². The van der Waals surface area contributed by atoms with Crippen LogP contribution in [0.25, 0.3) is 10.8 Å². The molecule has 10 nitrogen and oxygen atoms in total. The summed E-state index contributed by atoms with van der Waals surface area (Å²) < 4.78 is 68.2. The maximum atomic E-state index is 11.7. The number of hydrogen-bond acceptors (Lipinski definition) is 7. The molecule has 0 fully saturated rings. The second-order valence-electron chi connectivity index (χ2n) is 4.94.